The fourth-order valence-electron chi connectivity index (χ4n) is 1.83. The topological polar surface area (TPSA) is 35.5 Å². The zero-order valence-corrected chi connectivity index (χ0v) is 9.05. The molecule has 3 heteroatoms. The van der Waals surface area contributed by atoms with E-state index in [0.29, 0.717) is 12.2 Å². The highest BCUT2D eigenvalue weighted by molar-refractivity contribution is 5.95. The molecule has 0 saturated heterocycles. The van der Waals surface area contributed by atoms with Crippen LogP contribution in [-0.4, -0.2) is 12.6 Å². The van der Waals surface area contributed by atoms with Crippen LogP contribution in [0.3, 0.4) is 0 Å². The van der Waals surface area contributed by atoms with Crippen molar-refractivity contribution in [3.05, 3.63) is 59.4 Å². The maximum Gasteiger partial charge on any atom is 0.343 e. The van der Waals surface area contributed by atoms with Crippen LogP contribution in [0.25, 0.3) is 6.08 Å². The van der Waals surface area contributed by atoms with Crippen LogP contribution in [0.5, 0.6) is 5.75 Å². The molecule has 1 aromatic carbocycles. The van der Waals surface area contributed by atoms with Gasteiger partial charge in [-0.3, -0.25) is 0 Å². The van der Waals surface area contributed by atoms with E-state index in [1.807, 2.05) is 30.3 Å². The molecular weight excluding hydrogens is 216 g/mol. The number of hydrogen-bond acceptors (Lipinski definition) is 3. The second kappa shape index (κ2) is 3.94. The summed E-state index contributed by atoms with van der Waals surface area (Å²) in [5.41, 5.74) is 2.54. The summed E-state index contributed by atoms with van der Waals surface area (Å²) in [7, 11) is 0. The van der Waals surface area contributed by atoms with Crippen molar-refractivity contribution >= 4 is 12.0 Å². The highest BCUT2D eigenvalue weighted by Crippen LogP contribution is 2.27. The summed E-state index contributed by atoms with van der Waals surface area (Å²) in [5.74, 6) is 0.559. The summed E-state index contributed by atoms with van der Waals surface area (Å²) in [6.45, 7) is 0.474. The molecule has 0 radical (unpaired) electrons. The van der Waals surface area contributed by atoms with Crippen LogP contribution < -0.4 is 4.74 Å². The SMILES string of the molecule is O=C1OC=CC1=CC1=Cc2ccccc2OC1. The Morgan fingerprint density at radius 2 is 2.12 bits per heavy atom. The lowest BCUT2D eigenvalue weighted by molar-refractivity contribution is -0.132. The number of benzene rings is 1. The maximum atomic E-state index is 11.3. The van der Waals surface area contributed by atoms with E-state index in [2.05, 4.69) is 0 Å². The fraction of sp³-hybridized carbons (Fsp3) is 0.0714. The Kier molecular flexibility index (Phi) is 2.29. The first-order chi connectivity index (χ1) is 8.33. The molecular formula is C14H10O3. The van der Waals surface area contributed by atoms with Gasteiger partial charge in [-0.1, -0.05) is 18.2 Å². The van der Waals surface area contributed by atoms with Gasteiger partial charge in [-0.25, -0.2) is 4.79 Å². The Hall–Kier alpha value is -2.29. The minimum atomic E-state index is -0.315. The molecule has 0 atom stereocenters. The van der Waals surface area contributed by atoms with Gasteiger partial charge in [-0.15, -0.1) is 0 Å². The van der Waals surface area contributed by atoms with E-state index in [1.165, 1.54) is 6.26 Å². The third kappa shape index (κ3) is 1.87. The third-order valence-corrected chi connectivity index (χ3v) is 2.65. The molecule has 1 aromatic rings. The van der Waals surface area contributed by atoms with Crippen LogP contribution in [0.4, 0.5) is 0 Å². The van der Waals surface area contributed by atoms with Crippen molar-refractivity contribution in [2.24, 2.45) is 0 Å². The van der Waals surface area contributed by atoms with E-state index in [-0.39, 0.29) is 5.97 Å². The Morgan fingerprint density at radius 1 is 1.24 bits per heavy atom. The molecule has 84 valence electrons. The van der Waals surface area contributed by atoms with Crippen molar-refractivity contribution in [2.75, 3.05) is 6.61 Å². The summed E-state index contributed by atoms with van der Waals surface area (Å²) in [4.78, 5) is 11.3. The molecule has 0 aromatic heterocycles. The van der Waals surface area contributed by atoms with Crippen LogP contribution in [0, 0.1) is 0 Å². The second-order valence-corrected chi connectivity index (χ2v) is 3.85. The van der Waals surface area contributed by atoms with Gasteiger partial charge in [0.25, 0.3) is 0 Å². The van der Waals surface area contributed by atoms with Crippen LogP contribution in [0.15, 0.2) is 53.8 Å². The van der Waals surface area contributed by atoms with E-state index in [9.17, 15) is 4.79 Å². The summed E-state index contributed by atoms with van der Waals surface area (Å²) in [6.07, 6.45) is 6.86. The van der Waals surface area contributed by atoms with Crippen LogP contribution in [0.1, 0.15) is 5.56 Å². The number of rotatable bonds is 1. The van der Waals surface area contributed by atoms with Crippen molar-refractivity contribution in [3.8, 4) is 5.75 Å². The molecule has 0 fully saturated rings. The van der Waals surface area contributed by atoms with E-state index in [0.717, 1.165) is 16.9 Å². The zero-order valence-electron chi connectivity index (χ0n) is 9.05. The Bertz CT molecular complexity index is 565. The van der Waals surface area contributed by atoms with Gasteiger partial charge in [0.2, 0.25) is 0 Å². The molecule has 3 nitrogen and oxygen atoms in total. The van der Waals surface area contributed by atoms with Crippen molar-refractivity contribution in [3.63, 3.8) is 0 Å². The Labute approximate surface area is 98.7 Å². The van der Waals surface area contributed by atoms with Gasteiger partial charge in [-0.2, -0.15) is 0 Å². The molecule has 2 heterocycles. The van der Waals surface area contributed by atoms with Gasteiger partial charge < -0.3 is 9.47 Å². The third-order valence-electron chi connectivity index (χ3n) is 2.65. The lowest BCUT2D eigenvalue weighted by Gasteiger charge is -2.15. The first-order valence-electron chi connectivity index (χ1n) is 5.34. The van der Waals surface area contributed by atoms with Gasteiger partial charge in [0.15, 0.2) is 0 Å². The molecule has 3 rings (SSSR count). The van der Waals surface area contributed by atoms with E-state index in [1.54, 1.807) is 12.2 Å². The van der Waals surface area contributed by atoms with Crippen molar-refractivity contribution in [2.45, 2.75) is 0 Å². The lowest BCUT2D eigenvalue weighted by atomic mass is 10.1. The summed E-state index contributed by atoms with van der Waals surface area (Å²) in [6, 6.07) is 7.81. The minimum absolute atomic E-state index is 0.315. The Balaban J connectivity index is 1.94. The summed E-state index contributed by atoms with van der Waals surface area (Å²) in [5, 5.41) is 0. The molecule has 0 aliphatic carbocycles. The number of fused-ring (bicyclic) bond motifs is 1. The van der Waals surface area contributed by atoms with Gasteiger partial charge in [0.05, 0.1) is 11.8 Å². The predicted octanol–water partition coefficient (Wildman–Crippen LogP) is 2.46. The number of esters is 1. The number of hydrogen-bond donors (Lipinski definition) is 0. The lowest BCUT2D eigenvalue weighted by Crippen LogP contribution is -2.07. The van der Waals surface area contributed by atoms with E-state index in [4.69, 9.17) is 9.47 Å². The molecule has 0 amide bonds. The zero-order chi connectivity index (χ0) is 11.7. The van der Waals surface area contributed by atoms with Crippen molar-refractivity contribution < 1.29 is 14.3 Å². The monoisotopic (exact) mass is 226 g/mol. The smallest absolute Gasteiger partial charge is 0.343 e. The predicted molar refractivity (Wildman–Crippen MR) is 63.2 cm³/mol. The first-order valence-corrected chi connectivity index (χ1v) is 5.34. The number of carbonyl (C=O) groups excluding carboxylic acids is 1. The number of carbonyl (C=O) groups is 1. The van der Waals surface area contributed by atoms with Gasteiger partial charge in [-0.05, 0) is 29.9 Å². The normalized spacial score (nSPS) is 19.6. The molecule has 0 N–H and O–H groups in total. The molecule has 0 unspecified atom stereocenters. The summed E-state index contributed by atoms with van der Waals surface area (Å²) < 4.78 is 10.3. The molecule has 0 saturated carbocycles. The molecule has 17 heavy (non-hydrogen) atoms. The number of para-hydroxylation sites is 1. The van der Waals surface area contributed by atoms with Gasteiger partial charge in [0.1, 0.15) is 12.4 Å². The summed E-state index contributed by atoms with van der Waals surface area (Å²) >= 11 is 0. The molecule has 0 spiro atoms. The average molecular weight is 226 g/mol. The standard InChI is InChI=1S/C14H10O3/c15-14-12(5-6-16-14)8-10-7-11-3-1-2-4-13(11)17-9-10/h1-8H,9H2. The number of ether oxygens (including phenoxy) is 2. The largest absolute Gasteiger partial charge is 0.488 e. The Morgan fingerprint density at radius 3 is 2.94 bits per heavy atom. The molecule has 2 aliphatic heterocycles. The first kappa shape index (κ1) is 9.90. The minimum Gasteiger partial charge on any atom is -0.488 e. The van der Waals surface area contributed by atoms with E-state index < -0.39 is 0 Å². The fourth-order valence-corrected chi connectivity index (χ4v) is 1.83. The molecule has 0 bridgehead atoms. The van der Waals surface area contributed by atoms with Gasteiger partial charge >= 0.3 is 5.97 Å². The highest BCUT2D eigenvalue weighted by atomic mass is 16.5. The maximum absolute atomic E-state index is 11.3. The van der Waals surface area contributed by atoms with Crippen molar-refractivity contribution in [1.29, 1.82) is 0 Å². The van der Waals surface area contributed by atoms with Crippen LogP contribution in [-0.2, 0) is 9.53 Å². The van der Waals surface area contributed by atoms with Crippen molar-refractivity contribution in [1.82, 2.24) is 0 Å². The van der Waals surface area contributed by atoms with Crippen LogP contribution >= 0.6 is 0 Å². The second-order valence-electron chi connectivity index (χ2n) is 3.85. The highest BCUT2D eigenvalue weighted by Gasteiger charge is 2.15. The van der Waals surface area contributed by atoms with E-state index >= 15 is 0 Å². The quantitative estimate of drug-likeness (QED) is 0.545. The average Bonchev–Trinajstić information content (AvgIpc) is 2.75. The van der Waals surface area contributed by atoms with Gasteiger partial charge in [0, 0.05) is 5.56 Å². The molecule has 2 aliphatic rings. The number of cyclic esters (lactones) is 1. The van der Waals surface area contributed by atoms with Crippen LogP contribution in [0.2, 0.25) is 0 Å².